The fraction of sp³-hybridized carbons (Fsp3) is 0.100. The average Bonchev–Trinajstić information content (AvgIpc) is 2.62. The number of hydrogen-bond donors (Lipinski definition) is 0. The molecule has 0 radical (unpaired) electrons. The molecule has 0 amide bonds. The van der Waals surface area contributed by atoms with Crippen molar-refractivity contribution in [2.24, 2.45) is 0 Å². The van der Waals surface area contributed by atoms with Crippen LogP contribution in [-0.4, -0.2) is 14.5 Å². The zero-order valence-corrected chi connectivity index (χ0v) is 8.96. The predicted molar refractivity (Wildman–Crippen MR) is 59.4 cm³/mol. The van der Waals surface area contributed by atoms with Crippen LogP contribution in [0.1, 0.15) is 5.56 Å². The summed E-state index contributed by atoms with van der Waals surface area (Å²) in [5, 5.41) is 10.6. The van der Waals surface area contributed by atoms with Crippen LogP contribution in [0.15, 0.2) is 36.7 Å². The minimum absolute atomic E-state index is 0.0499. The largest absolute Gasteiger partial charge is 0.401 e. The summed E-state index contributed by atoms with van der Waals surface area (Å²) in [6, 6.07) is 9.54. The van der Waals surface area contributed by atoms with E-state index in [1.807, 2.05) is 30.3 Å². The van der Waals surface area contributed by atoms with E-state index in [-0.39, 0.29) is 11.0 Å². The van der Waals surface area contributed by atoms with Crippen LogP contribution < -0.4 is 0 Å². The van der Waals surface area contributed by atoms with Gasteiger partial charge in [-0.1, -0.05) is 41.9 Å². The Balaban J connectivity index is 2.26. The SMILES string of the molecule is O=[N+]([O-])c1ncn(Cc2ccccc2)c1Cl. The fourth-order valence-corrected chi connectivity index (χ4v) is 1.59. The standard InChI is InChI=1S/C10H8ClN3O2/c11-9-10(14(15)16)12-7-13(9)6-8-4-2-1-3-5-8/h1-5,7H,6H2. The van der Waals surface area contributed by atoms with E-state index in [0.29, 0.717) is 6.54 Å². The molecule has 1 aromatic carbocycles. The molecule has 0 aliphatic heterocycles. The molecule has 0 N–H and O–H groups in total. The fourth-order valence-electron chi connectivity index (χ4n) is 1.37. The molecule has 0 bridgehead atoms. The van der Waals surface area contributed by atoms with Gasteiger partial charge in [-0.05, 0) is 15.5 Å². The molecule has 82 valence electrons. The van der Waals surface area contributed by atoms with Gasteiger partial charge in [0.25, 0.3) is 0 Å². The number of nitrogens with zero attached hydrogens (tertiary/aromatic N) is 3. The molecule has 0 fully saturated rings. The lowest BCUT2D eigenvalue weighted by atomic mass is 10.2. The molecule has 0 atom stereocenters. The Bertz CT molecular complexity index is 510. The molecular formula is C10H8ClN3O2. The smallest absolute Gasteiger partial charge is 0.358 e. The highest BCUT2D eigenvalue weighted by molar-refractivity contribution is 6.31. The third kappa shape index (κ3) is 2.04. The summed E-state index contributed by atoms with van der Waals surface area (Å²) in [7, 11) is 0. The number of nitro groups is 1. The van der Waals surface area contributed by atoms with E-state index in [0.717, 1.165) is 5.56 Å². The van der Waals surface area contributed by atoms with Crippen LogP contribution in [0, 0.1) is 10.1 Å². The van der Waals surface area contributed by atoms with Gasteiger partial charge in [0.2, 0.25) is 11.5 Å². The van der Waals surface area contributed by atoms with Crippen LogP contribution in [0.5, 0.6) is 0 Å². The molecule has 0 saturated carbocycles. The predicted octanol–water partition coefficient (Wildman–Crippen LogP) is 2.49. The monoisotopic (exact) mass is 237 g/mol. The van der Waals surface area contributed by atoms with Crippen molar-refractivity contribution in [1.29, 1.82) is 0 Å². The van der Waals surface area contributed by atoms with Crippen LogP contribution in [0.3, 0.4) is 0 Å². The molecule has 2 aromatic rings. The lowest BCUT2D eigenvalue weighted by Crippen LogP contribution is -1.98. The van der Waals surface area contributed by atoms with Gasteiger partial charge in [-0.2, -0.15) is 0 Å². The number of rotatable bonds is 3. The van der Waals surface area contributed by atoms with Crippen LogP contribution in [0.25, 0.3) is 0 Å². The topological polar surface area (TPSA) is 61.0 Å². The van der Waals surface area contributed by atoms with Gasteiger partial charge in [-0.3, -0.25) is 4.57 Å². The molecule has 1 heterocycles. The summed E-state index contributed by atoms with van der Waals surface area (Å²) >= 11 is 5.83. The van der Waals surface area contributed by atoms with Gasteiger partial charge in [0.15, 0.2) is 0 Å². The molecule has 16 heavy (non-hydrogen) atoms. The molecule has 0 aliphatic carbocycles. The first kappa shape index (κ1) is 10.6. The van der Waals surface area contributed by atoms with Crippen LogP contribution in [0.4, 0.5) is 5.82 Å². The molecule has 2 rings (SSSR count). The molecular weight excluding hydrogens is 230 g/mol. The second kappa shape index (κ2) is 4.32. The Labute approximate surface area is 96.4 Å². The van der Waals surface area contributed by atoms with Gasteiger partial charge in [-0.15, -0.1) is 0 Å². The first-order chi connectivity index (χ1) is 7.68. The third-order valence-corrected chi connectivity index (χ3v) is 2.51. The Kier molecular flexibility index (Phi) is 2.87. The minimum Gasteiger partial charge on any atom is -0.358 e. The normalized spacial score (nSPS) is 10.3. The van der Waals surface area contributed by atoms with Gasteiger partial charge in [0, 0.05) is 0 Å². The van der Waals surface area contributed by atoms with E-state index in [2.05, 4.69) is 4.98 Å². The number of imidazole rings is 1. The summed E-state index contributed by atoms with van der Waals surface area (Å²) in [4.78, 5) is 13.6. The van der Waals surface area contributed by atoms with E-state index in [9.17, 15) is 10.1 Å². The van der Waals surface area contributed by atoms with Crippen LogP contribution >= 0.6 is 11.6 Å². The van der Waals surface area contributed by atoms with Crippen molar-refractivity contribution in [1.82, 2.24) is 9.55 Å². The molecule has 0 aliphatic rings. The lowest BCUT2D eigenvalue weighted by Gasteiger charge is -2.01. The summed E-state index contributed by atoms with van der Waals surface area (Å²) < 4.78 is 1.54. The number of hydrogen-bond acceptors (Lipinski definition) is 3. The molecule has 0 saturated heterocycles. The van der Waals surface area contributed by atoms with Gasteiger partial charge in [0.1, 0.15) is 0 Å². The number of aromatic nitrogens is 2. The van der Waals surface area contributed by atoms with Crippen molar-refractivity contribution in [2.75, 3.05) is 0 Å². The highest BCUT2D eigenvalue weighted by atomic mass is 35.5. The van der Waals surface area contributed by atoms with E-state index in [1.54, 1.807) is 0 Å². The maximum atomic E-state index is 10.5. The van der Waals surface area contributed by atoms with Gasteiger partial charge < -0.3 is 10.1 Å². The van der Waals surface area contributed by atoms with Gasteiger partial charge in [0.05, 0.1) is 6.54 Å². The second-order valence-corrected chi connectivity index (χ2v) is 3.59. The van der Waals surface area contributed by atoms with Crippen molar-refractivity contribution in [3.63, 3.8) is 0 Å². The summed E-state index contributed by atoms with van der Waals surface area (Å²) in [6.45, 7) is 0.473. The molecule has 5 nitrogen and oxygen atoms in total. The van der Waals surface area contributed by atoms with Crippen LogP contribution in [0.2, 0.25) is 5.15 Å². The first-order valence-corrected chi connectivity index (χ1v) is 4.95. The summed E-state index contributed by atoms with van der Waals surface area (Å²) in [6.07, 6.45) is 1.37. The van der Waals surface area contributed by atoms with Gasteiger partial charge in [-0.25, -0.2) is 0 Å². The Morgan fingerprint density at radius 1 is 1.38 bits per heavy atom. The quantitative estimate of drug-likeness (QED) is 0.609. The molecule has 0 unspecified atom stereocenters. The highest BCUT2D eigenvalue weighted by Crippen LogP contribution is 2.22. The summed E-state index contributed by atoms with van der Waals surface area (Å²) in [5.74, 6) is -0.308. The van der Waals surface area contributed by atoms with E-state index >= 15 is 0 Å². The Hall–Kier alpha value is -1.88. The number of benzene rings is 1. The van der Waals surface area contributed by atoms with Crippen molar-refractivity contribution in [2.45, 2.75) is 6.54 Å². The van der Waals surface area contributed by atoms with Gasteiger partial charge >= 0.3 is 5.82 Å². The minimum atomic E-state index is -0.593. The van der Waals surface area contributed by atoms with Crippen molar-refractivity contribution in [3.05, 3.63) is 57.5 Å². The molecule has 0 spiro atoms. The maximum absolute atomic E-state index is 10.5. The molecule has 1 aromatic heterocycles. The summed E-state index contributed by atoms with van der Waals surface area (Å²) in [5.41, 5.74) is 1.01. The Morgan fingerprint density at radius 3 is 2.62 bits per heavy atom. The number of halogens is 1. The Morgan fingerprint density at radius 2 is 2.06 bits per heavy atom. The second-order valence-electron chi connectivity index (χ2n) is 3.23. The molecule has 6 heteroatoms. The van der Waals surface area contributed by atoms with Crippen molar-refractivity contribution >= 4 is 17.4 Å². The highest BCUT2D eigenvalue weighted by Gasteiger charge is 2.19. The maximum Gasteiger partial charge on any atom is 0.401 e. The average molecular weight is 238 g/mol. The van der Waals surface area contributed by atoms with E-state index in [4.69, 9.17) is 11.6 Å². The van der Waals surface area contributed by atoms with Crippen LogP contribution in [-0.2, 0) is 6.54 Å². The zero-order valence-electron chi connectivity index (χ0n) is 8.21. The van der Waals surface area contributed by atoms with E-state index < -0.39 is 4.92 Å². The zero-order chi connectivity index (χ0) is 11.5. The van der Waals surface area contributed by atoms with E-state index in [1.165, 1.54) is 10.9 Å². The lowest BCUT2D eigenvalue weighted by molar-refractivity contribution is -0.389. The van der Waals surface area contributed by atoms with Crippen molar-refractivity contribution < 1.29 is 4.92 Å². The third-order valence-electron chi connectivity index (χ3n) is 2.12. The first-order valence-electron chi connectivity index (χ1n) is 4.57. The van der Waals surface area contributed by atoms with Crippen molar-refractivity contribution in [3.8, 4) is 0 Å².